The zero-order chi connectivity index (χ0) is 20.9. The number of aromatic nitrogens is 2. The summed E-state index contributed by atoms with van der Waals surface area (Å²) in [5.41, 5.74) is 1.90. The molecule has 1 aromatic carbocycles. The predicted octanol–water partition coefficient (Wildman–Crippen LogP) is 4.34. The van der Waals surface area contributed by atoms with Crippen LogP contribution in [0.1, 0.15) is 76.6 Å². The molecular formula is C24H34N4O2. The molecule has 2 heterocycles. The molecule has 4 rings (SSSR count). The highest BCUT2D eigenvalue weighted by Crippen LogP contribution is 2.28. The zero-order valence-corrected chi connectivity index (χ0v) is 18.0. The van der Waals surface area contributed by atoms with Crippen molar-refractivity contribution < 1.29 is 9.59 Å². The average Bonchev–Trinajstić information content (AvgIpc) is 3.19. The quantitative estimate of drug-likeness (QED) is 0.744. The fraction of sp³-hybridized carbons (Fsp3) is 0.625. The normalized spacial score (nSPS) is 19.7. The van der Waals surface area contributed by atoms with E-state index in [0.717, 1.165) is 49.2 Å². The topological polar surface area (TPSA) is 78.1 Å². The van der Waals surface area contributed by atoms with Gasteiger partial charge >= 0.3 is 0 Å². The number of fused-ring (bicyclic) bond motifs is 1. The molecule has 0 bridgehead atoms. The van der Waals surface area contributed by atoms with Crippen LogP contribution in [0.25, 0.3) is 11.0 Å². The first-order valence-electron chi connectivity index (χ1n) is 11.6. The summed E-state index contributed by atoms with van der Waals surface area (Å²) in [6, 6.07) is 7.74. The van der Waals surface area contributed by atoms with Crippen LogP contribution in [0.4, 0.5) is 0 Å². The van der Waals surface area contributed by atoms with Crippen LogP contribution in [-0.2, 0) is 9.59 Å². The standard InChI is InChI=1S/C24H34N4O2/c1-17(24-26-20-9-5-6-10-21(20)27-24)25-22(29)15-19-11-13-28(14-12-19)23(30)16-18-7-3-2-4-8-18/h5-6,9-10,17-19H,2-4,7-8,11-16H2,1H3,(H,25,29)(H,26,27)/t17-/m0/s1. The second-order valence-corrected chi connectivity index (χ2v) is 9.16. The van der Waals surface area contributed by atoms with E-state index < -0.39 is 0 Å². The highest BCUT2D eigenvalue weighted by molar-refractivity contribution is 5.78. The zero-order valence-electron chi connectivity index (χ0n) is 18.0. The molecule has 6 nitrogen and oxygen atoms in total. The average molecular weight is 411 g/mol. The first-order chi connectivity index (χ1) is 14.6. The number of H-pyrrole nitrogens is 1. The van der Waals surface area contributed by atoms with Crippen molar-refractivity contribution in [3.63, 3.8) is 0 Å². The van der Waals surface area contributed by atoms with Crippen LogP contribution >= 0.6 is 0 Å². The molecular weight excluding hydrogens is 376 g/mol. The van der Waals surface area contributed by atoms with E-state index in [4.69, 9.17) is 0 Å². The Labute approximate surface area is 178 Å². The molecule has 0 radical (unpaired) electrons. The summed E-state index contributed by atoms with van der Waals surface area (Å²) in [5.74, 6) is 2.12. The molecule has 162 valence electrons. The van der Waals surface area contributed by atoms with Gasteiger partial charge in [0, 0.05) is 25.9 Å². The van der Waals surface area contributed by atoms with Crippen LogP contribution in [-0.4, -0.2) is 39.8 Å². The summed E-state index contributed by atoms with van der Waals surface area (Å²) in [4.78, 5) is 35.1. The lowest BCUT2D eigenvalue weighted by molar-refractivity contribution is -0.134. The number of piperidine rings is 1. The molecule has 1 saturated heterocycles. The SMILES string of the molecule is C[C@H](NC(=O)CC1CCN(C(=O)CC2CCCCC2)CC1)c1nc2ccccc2[nH]1. The molecule has 1 aliphatic carbocycles. The Morgan fingerprint density at radius 2 is 1.77 bits per heavy atom. The minimum absolute atomic E-state index is 0.0648. The Kier molecular flexibility index (Phi) is 6.70. The van der Waals surface area contributed by atoms with E-state index in [9.17, 15) is 9.59 Å². The summed E-state index contributed by atoms with van der Waals surface area (Å²) in [6.45, 7) is 3.55. The molecule has 2 fully saturated rings. The van der Waals surface area contributed by atoms with E-state index in [1.807, 2.05) is 36.1 Å². The van der Waals surface area contributed by atoms with Crippen LogP contribution in [0.3, 0.4) is 0 Å². The lowest BCUT2D eigenvalue weighted by Crippen LogP contribution is -2.40. The summed E-state index contributed by atoms with van der Waals surface area (Å²) < 4.78 is 0. The molecule has 1 aromatic heterocycles. The lowest BCUT2D eigenvalue weighted by Gasteiger charge is -2.33. The molecule has 2 amide bonds. The number of aromatic amines is 1. The molecule has 2 aliphatic rings. The monoisotopic (exact) mass is 410 g/mol. The third kappa shape index (κ3) is 5.21. The van der Waals surface area contributed by atoms with Crippen molar-refractivity contribution in [3.05, 3.63) is 30.1 Å². The molecule has 2 N–H and O–H groups in total. The van der Waals surface area contributed by atoms with Gasteiger partial charge in [-0.25, -0.2) is 4.98 Å². The highest BCUT2D eigenvalue weighted by atomic mass is 16.2. The number of likely N-dealkylation sites (tertiary alicyclic amines) is 1. The van der Waals surface area contributed by atoms with Crippen molar-refractivity contribution in [2.45, 2.75) is 70.8 Å². The van der Waals surface area contributed by atoms with Gasteiger partial charge in [-0.3, -0.25) is 9.59 Å². The third-order valence-electron chi connectivity index (χ3n) is 6.82. The number of benzene rings is 1. The summed E-state index contributed by atoms with van der Waals surface area (Å²) >= 11 is 0. The molecule has 0 spiro atoms. The Morgan fingerprint density at radius 3 is 2.50 bits per heavy atom. The summed E-state index contributed by atoms with van der Waals surface area (Å²) in [7, 11) is 0. The lowest BCUT2D eigenvalue weighted by atomic mass is 9.86. The maximum absolute atomic E-state index is 12.6. The van der Waals surface area contributed by atoms with Gasteiger partial charge in [0.15, 0.2) is 0 Å². The number of hydrogen-bond donors (Lipinski definition) is 2. The Morgan fingerprint density at radius 1 is 1.07 bits per heavy atom. The smallest absolute Gasteiger partial charge is 0.222 e. The second-order valence-electron chi connectivity index (χ2n) is 9.16. The van der Waals surface area contributed by atoms with Crippen molar-refractivity contribution in [2.24, 2.45) is 11.8 Å². The fourth-order valence-corrected chi connectivity index (χ4v) is 4.96. The maximum Gasteiger partial charge on any atom is 0.222 e. The summed E-state index contributed by atoms with van der Waals surface area (Å²) in [5, 5.41) is 3.08. The Balaban J connectivity index is 1.20. The van der Waals surface area contributed by atoms with Crippen LogP contribution in [0, 0.1) is 11.8 Å². The number of amides is 2. The Hall–Kier alpha value is -2.37. The van der Waals surface area contributed by atoms with Crippen molar-refractivity contribution in [1.82, 2.24) is 20.2 Å². The molecule has 2 aromatic rings. The highest BCUT2D eigenvalue weighted by Gasteiger charge is 2.27. The largest absolute Gasteiger partial charge is 0.346 e. The van der Waals surface area contributed by atoms with Gasteiger partial charge in [0.1, 0.15) is 5.82 Å². The first-order valence-corrected chi connectivity index (χ1v) is 11.6. The third-order valence-corrected chi connectivity index (χ3v) is 6.82. The second kappa shape index (κ2) is 9.63. The van der Waals surface area contributed by atoms with E-state index in [2.05, 4.69) is 15.3 Å². The van der Waals surface area contributed by atoms with Gasteiger partial charge < -0.3 is 15.2 Å². The van der Waals surface area contributed by atoms with Crippen LogP contribution in [0.5, 0.6) is 0 Å². The molecule has 1 aliphatic heterocycles. The van der Waals surface area contributed by atoms with Gasteiger partial charge in [-0.05, 0) is 56.6 Å². The van der Waals surface area contributed by atoms with Gasteiger partial charge in [-0.1, -0.05) is 31.4 Å². The van der Waals surface area contributed by atoms with Crippen LogP contribution < -0.4 is 5.32 Å². The number of carbonyl (C=O) groups excluding carboxylic acids is 2. The van der Waals surface area contributed by atoms with Crippen LogP contribution in [0.2, 0.25) is 0 Å². The Bertz CT molecular complexity index is 830. The maximum atomic E-state index is 12.6. The predicted molar refractivity (Wildman–Crippen MR) is 118 cm³/mol. The van der Waals surface area contributed by atoms with Gasteiger partial charge in [0.2, 0.25) is 11.8 Å². The van der Waals surface area contributed by atoms with Gasteiger partial charge in [0.05, 0.1) is 17.1 Å². The molecule has 1 saturated carbocycles. The number of para-hydroxylation sites is 2. The number of rotatable bonds is 6. The minimum atomic E-state index is -0.151. The van der Waals surface area contributed by atoms with Gasteiger partial charge in [-0.2, -0.15) is 0 Å². The van der Waals surface area contributed by atoms with Crippen LogP contribution in [0.15, 0.2) is 24.3 Å². The van der Waals surface area contributed by atoms with Crippen molar-refractivity contribution in [1.29, 1.82) is 0 Å². The number of carbonyl (C=O) groups is 2. The number of hydrogen-bond acceptors (Lipinski definition) is 3. The minimum Gasteiger partial charge on any atom is -0.346 e. The number of nitrogens with zero attached hydrogens (tertiary/aromatic N) is 2. The van der Waals surface area contributed by atoms with E-state index in [1.165, 1.54) is 32.1 Å². The number of imidazole rings is 1. The van der Waals surface area contributed by atoms with E-state index >= 15 is 0 Å². The van der Waals surface area contributed by atoms with E-state index in [0.29, 0.717) is 24.2 Å². The van der Waals surface area contributed by atoms with E-state index in [1.54, 1.807) is 0 Å². The van der Waals surface area contributed by atoms with Gasteiger partial charge in [0.25, 0.3) is 0 Å². The van der Waals surface area contributed by atoms with Crippen molar-refractivity contribution >= 4 is 22.8 Å². The number of nitrogens with one attached hydrogen (secondary N) is 2. The first kappa shape index (κ1) is 20.9. The molecule has 6 heteroatoms. The van der Waals surface area contributed by atoms with Crippen molar-refractivity contribution in [3.8, 4) is 0 Å². The van der Waals surface area contributed by atoms with Crippen molar-refractivity contribution in [2.75, 3.05) is 13.1 Å². The summed E-state index contributed by atoms with van der Waals surface area (Å²) in [6.07, 6.45) is 9.40. The molecule has 1 atom stereocenters. The van der Waals surface area contributed by atoms with E-state index in [-0.39, 0.29) is 11.9 Å². The molecule has 30 heavy (non-hydrogen) atoms. The van der Waals surface area contributed by atoms with Gasteiger partial charge in [-0.15, -0.1) is 0 Å². The molecule has 0 unspecified atom stereocenters. The fourth-order valence-electron chi connectivity index (χ4n) is 4.96.